The van der Waals surface area contributed by atoms with Crippen LogP contribution in [0.3, 0.4) is 0 Å². The van der Waals surface area contributed by atoms with E-state index in [0.29, 0.717) is 18.6 Å². The monoisotopic (exact) mass is 325 g/mol. The van der Waals surface area contributed by atoms with Crippen molar-refractivity contribution in [1.82, 2.24) is 5.32 Å². The van der Waals surface area contributed by atoms with Crippen molar-refractivity contribution in [3.05, 3.63) is 71.3 Å². The fourth-order valence-electron chi connectivity index (χ4n) is 2.89. The first-order valence-corrected chi connectivity index (χ1v) is 7.94. The lowest BCUT2D eigenvalue weighted by atomic mass is 9.97. The first kappa shape index (κ1) is 16.2. The van der Waals surface area contributed by atoms with Gasteiger partial charge in [-0.05, 0) is 36.6 Å². The number of nitrogens with one attached hydrogen (secondary N) is 1. The minimum Gasteiger partial charge on any atom is -0.478 e. The van der Waals surface area contributed by atoms with Gasteiger partial charge in [0.05, 0.1) is 11.7 Å². The second kappa shape index (κ2) is 7.27. The van der Waals surface area contributed by atoms with Gasteiger partial charge in [-0.1, -0.05) is 36.4 Å². The van der Waals surface area contributed by atoms with Gasteiger partial charge in [-0.15, -0.1) is 0 Å². The Bertz CT molecular complexity index is 729. The zero-order valence-corrected chi connectivity index (χ0v) is 13.1. The van der Waals surface area contributed by atoms with E-state index in [1.807, 2.05) is 30.3 Å². The Balaban J connectivity index is 1.66. The largest absolute Gasteiger partial charge is 0.478 e. The van der Waals surface area contributed by atoms with Crippen LogP contribution in [0.15, 0.2) is 54.6 Å². The summed E-state index contributed by atoms with van der Waals surface area (Å²) in [5.41, 5.74) is 1.57. The molecule has 24 heavy (non-hydrogen) atoms. The van der Waals surface area contributed by atoms with E-state index in [1.165, 1.54) is 12.1 Å². The second-order valence-corrected chi connectivity index (χ2v) is 5.85. The van der Waals surface area contributed by atoms with Crippen molar-refractivity contribution in [1.29, 1.82) is 0 Å². The van der Waals surface area contributed by atoms with Crippen LogP contribution in [0.1, 0.15) is 45.2 Å². The molecule has 1 heterocycles. The topological polar surface area (TPSA) is 75.6 Å². The van der Waals surface area contributed by atoms with Gasteiger partial charge in [-0.3, -0.25) is 4.79 Å². The average Bonchev–Trinajstić information content (AvgIpc) is 2.63. The van der Waals surface area contributed by atoms with E-state index >= 15 is 0 Å². The van der Waals surface area contributed by atoms with Gasteiger partial charge < -0.3 is 15.2 Å². The summed E-state index contributed by atoms with van der Waals surface area (Å²) in [5, 5.41) is 12.0. The minimum absolute atomic E-state index is 0.00457. The summed E-state index contributed by atoms with van der Waals surface area (Å²) in [5.74, 6) is -1.29. The van der Waals surface area contributed by atoms with Crippen molar-refractivity contribution in [2.75, 3.05) is 6.61 Å². The standard InChI is InChI=1S/C19H19NO4/c21-18(14-7-4-8-15(11-14)19(22)23)20-16-9-10-24-17(12-16)13-5-2-1-3-6-13/h1-8,11,16-17H,9-10,12H2,(H,20,21)(H,22,23). The highest BCUT2D eigenvalue weighted by Crippen LogP contribution is 2.28. The maximum Gasteiger partial charge on any atom is 0.335 e. The summed E-state index contributed by atoms with van der Waals surface area (Å²) in [6.07, 6.45) is 1.41. The lowest BCUT2D eigenvalue weighted by molar-refractivity contribution is 0.000904. The van der Waals surface area contributed by atoms with Crippen LogP contribution < -0.4 is 5.32 Å². The molecule has 5 nitrogen and oxygen atoms in total. The van der Waals surface area contributed by atoms with E-state index in [-0.39, 0.29) is 23.6 Å². The fraction of sp³-hybridized carbons (Fsp3) is 0.263. The number of amides is 1. The van der Waals surface area contributed by atoms with E-state index in [9.17, 15) is 9.59 Å². The highest BCUT2D eigenvalue weighted by atomic mass is 16.5. The lowest BCUT2D eigenvalue weighted by Crippen LogP contribution is -2.39. The highest BCUT2D eigenvalue weighted by Gasteiger charge is 2.25. The average molecular weight is 325 g/mol. The van der Waals surface area contributed by atoms with E-state index in [0.717, 1.165) is 12.0 Å². The molecule has 3 rings (SSSR count). The number of rotatable bonds is 4. The number of carbonyl (C=O) groups is 2. The van der Waals surface area contributed by atoms with Gasteiger partial charge in [0.15, 0.2) is 0 Å². The highest BCUT2D eigenvalue weighted by molar-refractivity contribution is 5.97. The first-order valence-electron chi connectivity index (χ1n) is 7.94. The molecule has 2 aromatic rings. The number of carboxylic acids is 1. The van der Waals surface area contributed by atoms with Crippen molar-refractivity contribution in [3.8, 4) is 0 Å². The molecule has 1 fully saturated rings. The fourth-order valence-corrected chi connectivity index (χ4v) is 2.89. The Labute approximate surface area is 140 Å². The third-order valence-corrected chi connectivity index (χ3v) is 4.16. The molecule has 2 unspecified atom stereocenters. The predicted molar refractivity (Wildman–Crippen MR) is 89.0 cm³/mol. The third kappa shape index (κ3) is 3.81. The van der Waals surface area contributed by atoms with Crippen molar-refractivity contribution < 1.29 is 19.4 Å². The van der Waals surface area contributed by atoms with E-state index in [2.05, 4.69) is 5.32 Å². The van der Waals surface area contributed by atoms with Gasteiger partial charge in [-0.2, -0.15) is 0 Å². The summed E-state index contributed by atoms with van der Waals surface area (Å²) < 4.78 is 5.80. The Morgan fingerprint density at radius 1 is 1.04 bits per heavy atom. The van der Waals surface area contributed by atoms with Crippen LogP contribution in [0.4, 0.5) is 0 Å². The van der Waals surface area contributed by atoms with Crippen molar-refractivity contribution in [2.45, 2.75) is 25.0 Å². The van der Waals surface area contributed by atoms with Crippen LogP contribution in [-0.2, 0) is 4.74 Å². The SMILES string of the molecule is O=C(O)c1cccc(C(=O)NC2CCOC(c3ccccc3)C2)c1. The molecular weight excluding hydrogens is 306 g/mol. The molecule has 0 saturated carbocycles. The van der Waals surface area contributed by atoms with Crippen LogP contribution in [0.5, 0.6) is 0 Å². The van der Waals surface area contributed by atoms with Gasteiger partial charge in [0.1, 0.15) is 0 Å². The van der Waals surface area contributed by atoms with Gasteiger partial charge in [0.2, 0.25) is 0 Å². The number of carboxylic acid groups (broad SMARTS) is 1. The molecular formula is C19H19NO4. The lowest BCUT2D eigenvalue weighted by Gasteiger charge is -2.30. The molecule has 1 aliphatic rings. The predicted octanol–water partition coefficient (Wildman–Crippen LogP) is 3.03. The molecule has 0 bridgehead atoms. The van der Waals surface area contributed by atoms with Gasteiger partial charge in [-0.25, -0.2) is 4.79 Å². The molecule has 0 aliphatic carbocycles. The molecule has 124 valence electrons. The van der Waals surface area contributed by atoms with Gasteiger partial charge in [0.25, 0.3) is 5.91 Å². The van der Waals surface area contributed by atoms with E-state index < -0.39 is 5.97 Å². The molecule has 0 radical (unpaired) electrons. The van der Waals surface area contributed by atoms with Gasteiger partial charge >= 0.3 is 5.97 Å². The van der Waals surface area contributed by atoms with Crippen LogP contribution in [0, 0.1) is 0 Å². The summed E-state index contributed by atoms with van der Waals surface area (Å²) in [7, 11) is 0. The van der Waals surface area contributed by atoms with Crippen LogP contribution in [0.25, 0.3) is 0 Å². The summed E-state index contributed by atoms with van der Waals surface area (Å²) in [6, 6.07) is 16.0. The number of aromatic carboxylic acids is 1. The van der Waals surface area contributed by atoms with Crippen molar-refractivity contribution >= 4 is 11.9 Å². The molecule has 0 spiro atoms. The molecule has 2 atom stereocenters. The maximum absolute atomic E-state index is 12.4. The normalized spacial score (nSPS) is 20.3. The maximum atomic E-state index is 12.4. The molecule has 2 N–H and O–H groups in total. The van der Waals surface area contributed by atoms with E-state index in [4.69, 9.17) is 9.84 Å². The second-order valence-electron chi connectivity index (χ2n) is 5.85. The Morgan fingerprint density at radius 2 is 1.79 bits per heavy atom. The smallest absolute Gasteiger partial charge is 0.335 e. The zero-order valence-electron chi connectivity index (χ0n) is 13.1. The first-order chi connectivity index (χ1) is 11.6. The van der Waals surface area contributed by atoms with Gasteiger partial charge in [0, 0.05) is 18.2 Å². The Kier molecular flexibility index (Phi) is 4.91. The van der Waals surface area contributed by atoms with E-state index in [1.54, 1.807) is 12.1 Å². The molecule has 1 aliphatic heterocycles. The summed E-state index contributed by atoms with van der Waals surface area (Å²) in [4.78, 5) is 23.4. The number of carbonyl (C=O) groups excluding carboxylic acids is 1. The number of ether oxygens (including phenoxy) is 1. The number of benzene rings is 2. The van der Waals surface area contributed by atoms with Crippen molar-refractivity contribution in [3.63, 3.8) is 0 Å². The molecule has 1 amide bonds. The molecule has 1 saturated heterocycles. The van der Waals surface area contributed by atoms with Crippen molar-refractivity contribution in [2.24, 2.45) is 0 Å². The molecule has 0 aromatic heterocycles. The van der Waals surface area contributed by atoms with Crippen LogP contribution in [0.2, 0.25) is 0 Å². The minimum atomic E-state index is -1.04. The number of hydrogen-bond acceptors (Lipinski definition) is 3. The van der Waals surface area contributed by atoms with Crippen LogP contribution in [-0.4, -0.2) is 29.6 Å². The summed E-state index contributed by atoms with van der Waals surface area (Å²) >= 11 is 0. The van der Waals surface area contributed by atoms with Crippen LogP contribution >= 0.6 is 0 Å². The third-order valence-electron chi connectivity index (χ3n) is 4.16. The Hall–Kier alpha value is -2.66. The molecule has 5 heteroatoms. The number of hydrogen-bond donors (Lipinski definition) is 2. The quantitative estimate of drug-likeness (QED) is 0.906. The zero-order chi connectivity index (χ0) is 16.9. The molecule has 2 aromatic carbocycles. The Morgan fingerprint density at radius 3 is 2.54 bits per heavy atom. The summed E-state index contributed by atoms with van der Waals surface area (Å²) in [6.45, 7) is 0.583.